The second-order valence-corrected chi connectivity index (χ2v) is 9.36. The Hall–Kier alpha value is -3.94. The number of fused-ring (bicyclic) bond motifs is 1. The van der Waals surface area contributed by atoms with Crippen LogP contribution in [0.2, 0.25) is 0 Å². The third kappa shape index (κ3) is 5.14. The van der Waals surface area contributed by atoms with Crippen LogP contribution in [0.4, 0.5) is 13.2 Å². The van der Waals surface area contributed by atoms with Crippen molar-refractivity contribution >= 4 is 16.9 Å². The van der Waals surface area contributed by atoms with Gasteiger partial charge in [0.15, 0.2) is 0 Å². The number of amides is 1. The standard InChI is InChI=1S/C29H26F3N3O2/c30-29(31,32)21-17-15-20(16-18-21)26(27(36)33-22-11-5-2-6-12-22)35-24-14-8-7-13-23(24)34-25(28(35)37)19-9-3-1-4-10-19/h1,3-4,7-10,13-18,22,26H,2,5-6,11-12H2,(H,33,36). The van der Waals surface area contributed by atoms with Gasteiger partial charge in [0.25, 0.3) is 5.56 Å². The van der Waals surface area contributed by atoms with E-state index < -0.39 is 29.2 Å². The molecule has 5 nitrogen and oxygen atoms in total. The topological polar surface area (TPSA) is 64.0 Å². The minimum absolute atomic E-state index is 0.0457. The van der Waals surface area contributed by atoms with Crippen molar-refractivity contribution in [3.8, 4) is 11.3 Å². The van der Waals surface area contributed by atoms with Crippen LogP contribution in [0.3, 0.4) is 0 Å². The molecule has 190 valence electrons. The monoisotopic (exact) mass is 505 g/mol. The van der Waals surface area contributed by atoms with E-state index in [1.807, 2.05) is 6.07 Å². The lowest BCUT2D eigenvalue weighted by Gasteiger charge is -2.27. The molecule has 1 heterocycles. The Kier molecular flexibility index (Phi) is 6.82. The summed E-state index contributed by atoms with van der Waals surface area (Å²) < 4.78 is 41.2. The molecule has 3 aromatic carbocycles. The molecule has 1 saturated carbocycles. The van der Waals surface area contributed by atoms with Gasteiger partial charge in [-0.2, -0.15) is 13.2 Å². The summed E-state index contributed by atoms with van der Waals surface area (Å²) in [6, 6.07) is 19.1. The molecule has 4 aromatic rings. The molecule has 0 bridgehead atoms. The van der Waals surface area contributed by atoms with Gasteiger partial charge in [-0.1, -0.05) is 73.9 Å². The second-order valence-electron chi connectivity index (χ2n) is 9.36. The third-order valence-corrected chi connectivity index (χ3v) is 6.85. The number of carbonyl (C=O) groups is 1. The van der Waals surface area contributed by atoms with Crippen molar-refractivity contribution in [2.24, 2.45) is 0 Å². The van der Waals surface area contributed by atoms with E-state index in [-0.39, 0.29) is 11.7 Å². The lowest BCUT2D eigenvalue weighted by Crippen LogP contribution is -2.43. The zero-order valence-corrected chi connectivity index (χ0v) is 20.0. The number of aromatic nitrogens is 2. The summed E-state index contributed by atoms with van der Waals surface area (Å²) in [5.41, 5.74) is 0.665. The number of para-hydroxylation sites is 2. The Morgan fingerprint density at radius 2 is 1.54 bits per heavy atom. The van der Waals surface area contributed by atoms with E-state index in [9.17, 15) is 22.8 Å². The maximum Gasteiger partial charge on any atom is 0.416 e. The first kappa shape index (κ1) is 24.7. The average Bonchev–Trinajstić information content (AvgIpc) is 2.91. The van der Waals surface area contributed by atoms with Gasteiger partial charge in [0.05, 0.1) is 16.6 Å². The number of nitrogens with one attached hydrogen (secondary N) is 1. The molecule has 1 amide bonds. The third-order valence-electron chi connectivity index (χ3n) is 6.85. The first-order chi connectivity index (χ1) is 17.8. The Balaban J connectivity index is 1.70. The van der Waals surface area contributed by atoms with E-state index in [1.54, 1.807) is 48.5 Å². The van der Waals surface area contributed by atoms with Crippen LogP contribution in [0.5, 0.6) is 0 Å². The summed E-state index contributed by atoms with van der Waals surface area (Å²) in [5.74, 6) is -0.427. The zero-order chi connectivity index (χ0) is 26.0. The van der Waals surface area contributed by atoms with Gasteiger partial charge < -0.3 is 5.32 Å². The van der Waals surface area contributed by atoms with Gasteiger partial charge in [-0.15, -0.1) is 0 Å². The first-order valence-electron chi connectivity index (χ1n) is 12.4. The molecular formula is C29H26F3N3O2. The van der Waals surface area contributed by atoms with Crippen molar-refractivity contribution < 1.29 is 18.0 Å². The molecule has 1 aliphatic carbocycles. The van der Waals surface area contributed by atoms with Crippen LogP contribution in [0.15, 0.2) is 83.7 Å². The molecule has 1 atom stereocenters. The van der Waals surface area contributed by atoms with Crippen LogP contribution < -0.4 is 10.9 Å². The maximum atomic E-state index is 14.0. The highest BCUT2D eigenvalue weighted by atomic mass is 19.4. The van der Waals surface area contributed by atoms with E-state index in [0.717, 1.165) is 44.2 Å². The molecule has 1 aromatic heterocycles. The largest absolute Gasteiger partial charge is 0.416 e. The number of hydrogen-bond acceptors (Lipinski definition) is 3. The normalized spacial score (nSPS) is 15.4. The predicted molar refractivity (Wildman–Crippen MR) is 136 cm³/mol. The number of rotatable bonds is 5. The minimum Gasteiger partial charge on any atom is -0.351 e. The molecule has 0 saturated heterocycles. The average molecular weight is 506 g/mol. The van der Waals surface area contributed by atoms with Crippen LogP contribution in [0, 0.1) is 0 Å². The molecule has 5 rings (SSSR count). The van der Waals surface area contributed by atoms with Crippen molar-refractivity contribution in [3.05, 3.63) is 100 Å². The van der Waals surface area contributed by atoms with Crippen molar-refractivity contribution in [3.63, 3.8) is 0 Å². The molecule has 0 spiro atoms. The van der Waals surface area contributed by atoms with Crippen LogP contribution in [0.1, 0.15) is 49.3 Å². The maximum absolute atomic E-state index is 14.0. The van der Waals surface area contributed by atoms with Crippen LogP contribution in [0.25, 0.3) is 22.3 Å². The van der Waals surface area contributed by atoms with Crippen molar-refractivity contribution in [2.45, 2.75) is 50.4 Å². The summed E-state index contributed by atoms with van der Waals surface area (Å²) in [6.45, 7) is 0. The lowest BCUT2D eigenvalue weighted by atomic mass is 9.94. The van der Waals surface area contributed by atoms with E-state index in [2.05, 4.69) is 10.3 Å². The molecule has 1 unspecified atom stereocenters. The van der Waals surface area contributed by atoms with Gasteiger partial charge in [-0.05, 0) is 42.7 Å². The summed E-state index contributed by atoms with van der Waals surface area (Å²) in [5, 5.41) is 3.07. The Labute approximate surface area is 212 Å². The van der Waals surface area contributed by atoms with E-state index in [1.165, 1.54) is 16.7 Å². The molecule has 0 aliphatic heterocycles. The highest BCUT2D eigenvalue weighted by Gasteiger charge is 2.33. The smallest absolute Gasteiger partial charge is 0.351 e. The van der Waals surface area contributed by atoms with Crippen molar-refractivity contribution in [1.29, 1.82) is 0 Å². The Morgan fingerprint density at radius 3 is 2.22 bits per heavy atom. The lowest BCUT2D eigenvalue weighted by molar-refractivity contribution is -0.137. The number of hydrogen-bond donors (Lipinski definition) is 1. The Bertz CT molecular complexity index is 1460. The number of alkyl halides is 3. The number of carbonyl (C=O) groups excluding carboxylic acids is 1. The van der Waals surface area contributed by atoms with Gasteiger partial charge >= 0.3 is 6.18 Å². The van der Waals surface area contributed by atoms with Crippen molar-refractivity contribution in [1.82, 2.24) is 14.9 Å². The molecule has 8 heteroatoms. The highest BCUT2D eigenvalue weighted by molar-refractivity contribution is 5.87. The summed E-state index contributed by atoms with van der Waals surface area (Å²) in [4.78, 5) is 32.4. The summed E-state index contributed by atoms with van der Waals surface area (Å²) in [6.07, 6.45) is 0.223. The first-order valence-corrected chi connectivity index (χ1v) is 12.4. The van der Waals surface area contributed by atoms with E-state index in [4.69, 9.17) is 0 Å². The number of halogens is 3. The molecule has 0 radical (unpaired) electrons. The second kappa shape index (κ2) is 10.2. The Morgan fingerprint density at radius 1 is 0.892 bits per heavy atom. The molecule has 1 fully saturated rings. The minimum atomic E-state index is -4.51. The van der Waals surface area contributed by atoms with Gasteiger partial charge in [0, 0.05) is 11.6 Å². The number of benzene rings is 3. The molecule has 1 aliphatic rings. The van der Waals surface area contributed by atoms with Gasteiger partial charge in [-0.3, -0.25) is 14.2 Å². The fourth-order valence-electron chi connectivity index (χ4n) is 4.99. The van der Waals surface area contributed by atoms with E-state index >= 15 is 0 Å². The SMILES string of the molecule is O=C(NC1CCCCC1)C(c1ccc(C(F)(F)F)cc1)n1c(=O)c(-c2ccccc2)nc2ccccc21. The predicted octanol–water partition coefficient (Wildman–Crippen LogP) is 6.12. The van der Waals surface area contributed by atoms with Crippen LogP contribution in [-0.4, -0.2) is 21.5 Å². The molecule has 37 heavy (non-hydrogen) atoms. The van der Waals surface area contributed by atoms with Crippen LogP contribution in [-0.2, 0) is 11.0 Å². The van der Waals surface area contributed by atoms with Gasteiger partial charge in [0.2, 0.25) is 5.91 Å². The fraction of sp³-hybridized carbons (Fsp3) is 0.276. The summed E-state index contributed by atoms with van der Waals surface area (Å²) >= 11 is 0. The molecule has 1 N–H and O–H groups in total. The zero-order valence-electron chi connectivity index (χ0n) is 20.0. The number of nitrogens with zero attached hydrogens (tertiary/aromatic N) is 2. The van der Waals surface area contributed by atoms with Gasteiger partial charge in [0.1, 0.15) is 11.7 Å². The van der Waals surface area contributed by atoms with Crippen molar-refractivity contribution in [2.75, 3.05) is 0 Å². The van der Waals surface area contributed by atoms with Gasteiger partial charge in [-0.25, -0.2) is 4.98 Å². The summed E-state index contributed by atoms with van der Waals surface area (Å²) in [7, 11) is 0. The molecular weight excluding hydrogens is 479 g/mol. The highest BCUT2D eigenvalue weighted by Crippen LogP contribution is 2.32. The quantitative estimate of drug-likeness (QED) is 0.355. The fourth-order valence-corrected chi connectivity index (χ4v) is 4.99. The van der Waals surface area contributed by atoms with Crippen LogP contribution >= 0.6 is 0 Å². The van der Waals surface area contributed by atoms with E-state index in [0.29, 0.717) is 22.2 Å².